The van der Waals surface area contributed by atoms with E-state index in [4.69, 9.17) is 16.3 Å². The standard InChI is InChI=1S/C31H25ClF2N6O4S/c1-39(2)13-14-44-25-10-9-19(16-21(25)32)37-30-35-12-11-24(38-30)28-27(36-17-45-28)18-5-3-6-20(15-18)40(31(42)43)29(41)26-22(33)7-4-8-23(26)34/h3-12,15-17H,13-14H2,1-2H3,(H,42,43)(H,35,37,38). The van der Waals surface area contributed by atoms with Gasteiger partial charge >= 0.3 is 6.09 Å². The summed E-state index contributed by atoms with van der Waals surface area (Å²) in [5, 5.41) is 13.4. The quantitative estimate of drug-likeness (QED) is 0.162. The zero-order chi connectivity index (χ0) is 32.1. The van der Waals surface area contributed by atoms with E-state index in [1.54, 1.807) is 42.0 Å². The molecule has 230 valence electrons. The Bertz CT molecular complexity index is 1850. The van der Waals surface area contributed by atoms with Gasteiger partial charge in [-0.15, -0.1) is 11.3 Å². The predicted molar refractivity (Wildman–Crippen MR) is 169 cm³/mol. The van der Waals surface area contributed by atoms with Crippen molar-refractivity contribution in [3.8, 4) is 27.6 Å². The topological polar surface area (TPSA) is 121 Å². The van der Waals surface area contributed by atoms with Crippen molar-refractivity contribution in [2.24, 2.45) is 0 Å². The molecule has 45 heavy (non-hydrogen) atoms. The molecule has 2 aromatic heterocycles. The molecule has 2 amide bonds. The highest BCUT2D eigenvalue weighted by atomic mass is 35.5. The van der Waals surface area contributed by atoms with Gasteiger partial charge in [-0.1, -0.05) is 29.8 Å². The lowest BCUT2D eigenvalue weighted by molar-refractivity contribution is 0.0975. The van der Waals surface area contributed by atoms with Gasteiger partial charge in [0, 0.05) is 24.0 Å². The van der Waals surface area contributed by atoms with Gasteiger partial charge in [0.2, 0.25) is 5.95 Å². The molecule has 0 aliphatic carbocycles. The van der Waals surface area contributed by atoms with Crippen molar-refractivity contribution in [2.75, 3.05) is 37.5 Å². The fourth-order valence-corrected chi connectivity index (χ4v) is 5.28. The van der Waals surface area contributed by atoms with E-state index in [2.05, 4.69) is 20.3 Å². The SMILES string of the molecule is CN(C)CCOc1ccc(Nc2nccc(-c3scnc3-c3cccc(N(C(=O)O)C(=O)c4c(F)cccc4F)c3)n2)cc1Cl. The Hall–Kier alpha value is -4.98. The van der Waals surface area contributed by atoms with Crippen LogP contribution in [0.2, 0.25) is 5.02 Å². The highest BCUT2D eigenvalue weighted by Crippen LogP contribution is 2.36. The molecular weight excluding hydrogens is 626 g/mol. The smallest absolute Gasteiger partial charge is 0.419 e. The molecule has 0 fully saturated rings. The maximum absolute atomic E-state index is 14.3. The normalized spacial score (nSPS) is 11.0. The fourth-order valence-electron chi connectivity index (χ4n) is 4.26. The number of aromatic nitrogens is 3. The zero-order valence-electron chi connectivity index (χ0n) is 23.9. The number of ether oxygens (including phenoxy) is 1. The number of imide groups is 1. The minimum Gasteiger partial charge on any atom is -0.491 e. The summed E-state index contributed by atoms with van der Waals surface area (Å²) < 4.78 is 34.4. The number of likely N-dealkylation sites (N-methyl/N-ethyl adjacent to an activating group) is 1. The van der Waals surface area contributed by atoms with Crippen molar-refractivity contribution in [3.05, 3.63) is 101 Å². The molecule has 10 nitrogen and oxygen atoms in total. The molecule has 0 radical (unpaired) electrons. The Morgan fingerprint density at radius 3 is 2.49 bits per heavy atom. The molecule has 5 rings (SSSR count). The number of carbonyl (C=O) groups excluding carboxylic acids is 1. The Balaban J connectivity index is 1.40. The van der Waals surface area contributed by atoms with E-state index in [1.807, 2.05) is 19.0 Å². The van der Waals surface area contributed by atoms with Crippen LogP contribution in [0.5, 0.6) is 5.75 Å². The summed E-state index contributed by atoms with van der Waals surface area (Å²) in [6.45, 7) is 1.23. The van der Waals surface area contributed by atoms with E-state index in [0.717, 1.165) is 24.7 Å². The molecular formula is C31H25ClF2N6O4S. The Labute approximate surface area is 265 Å². The summed E-state index contributed by atoms with van der Waals surface area (Å²) in [6, 6.07) is 15.7. The maximum atomic E-state index is 14.3. The van der Waals surface area contributed by atoms with E-state index in [0.29, 0.717) is 44.9 Å². The third-order valence-electron chi connectivity index (χ3n) is 6.39. The lowest BCUT2D eigenvalue weighted by Crippen LogP contribution is -2.37. The average Bonchev–Trinajstić information content (AvgIpc) is 3.49. The minimum absolute atomic E-state index is 0.123. The van der Waals surface area contributed by atoms with Gasteiger partial charge < -0.3 is 20.1 Å². The lowest BCUT2D eigenvalue weighted by atomic mass is 10.1. The van der Waals surface area contributed by atoms with Gasteiger partial charge in [-0.3, -0.25) is 4.79 Å². The Kier molecular flexibility index (Phi) is 9.62. The van der Waals surface area contributed by atoms with Crippen LogP contribution in [0.1, 0.15) is 10.4 Å². The zero-order valence-corrected chi connectivity index (χ0v) is 25.4. The third-order valence-corrected chi connectivity index (χ3v) is 7.53. The average molecular weight is 651 g/mol. The first-order chi connectivity index (χ1) is 21.6. The van der Waals surface area contributed by atoms with E-state index in [9.17, 15) is 23.5 Å². The first-order valence-electron chi connectivity index (χ1n) is 13.3. The monoisotopic (exact) mass is 650 g/mol. The maximum Gasteiger partial charge on any atom is 0.419 e. The minimum atomic E-state index is -1.71. The Morgan fingerprint density at radius 2 is 1.78 bits per heavy atom. The number of carboxylic acid groups (broad SMARTS) is 1. The van der Waals surface area contributed by atoms with Gasteiger partial charge in [-0.2, -0.15) is 0 Å². The summed E-state index contributed by atoms with van der Waals surface area (Å²) in [6.07, 6.45) is -0.142. The molecule has 0 atom stereocenters. The van der Waals surface area contributed by atoms with Crippen molar-refractivity contribution in [1.29, 1.82) is 0 Å². The second-order valence-corrected chi connectivity index (χ2v) is 11.0. The molecule has 2 heterocycles. The van der Waals surface area contributed by atoms with E-state index >= 15 is 0 Å². The molecule has 0 bridgehead atoms. The summed E-state index contributed by atoms with van der Waals surface area (Å²) in [5.74, 6) is -2.88. The van der Waals surface area contributed by atoms with Gasteiger partial charge in [0.1, 0.15) is 29.6 Å². The van der Waals surface area contributed by atoms with Crippen LogP contribution >= 0.6 is 22.9 Å². The van der Waals surface area contributed by atoms with Crippen LogP contribution in [0.15, 0.2) is 78.4 Å². The summed E-state index contributed by atoms with van der Waals surface area (Å²) in [4.78, 5) is 41.4. The number of nitrogens with zero attached hydrogens (tertiary/aromatic N) is 5. The predicted octanol–water partition coefficient (Wildman–Crippen LogP) is 7.21. The lowest BCUT2D eigenvalue weighted by Gasteiger charge is -2.19. The first kappa shape index (κ1) is 31.4. The molecule has 0 saturated carbocycles. The number of rotatable bonds is 10. The van der Waals surface area contributed by atoms with Crippen LogP contribution < -0.4 is 15.0 Å². The fraction of sp³-hybridized carbons (Fsp3) is 0.129. The second-order valence-electron chi connectivity index (χ2n) is 9.79. The molecule has 0 aliphatic rings. The highest BCUT2D eigenvalue weighted by molar-refractivity contribution is 7.13. The van der Waals surface area contributed by atoms with Crippen molar-refractivity contribution in [1.82, 2.24) is 19.9 Å². The number of hydrogen-bond acceptors (Lipinski definition) is 9. The molecule has 0 saturated heterocycles. The third kappa shape index (κ3) is 7.23. The molecule has 0 aliphatic heterocycles. The molecule has 14 heteroatoms. The van der Waals surface area contributed by atoms with Gasteiger partial charge in [-0.05, 0) is 62.6 Å². The summed E-state index contributed by atoms with van der Waals surface area (Å²) >= 11 is 7.70. The van der Waals surface area contributed by atoms with Gasteiger partial charge in [0.15, 0.2) is 0 Å². The van der Waals surface area contributed by atoms with Crippen LogP contribution in [0.3, 0.4) is 0 Å². The number of benzene rings is 3. The van der Waals surface area contributed by atoms with E-state index in [-0.39, 0.29) is 16.5 Å². The van der Waals surface area contributed by atoms with Gasteiger partial charge in [-0.25, -0.2) is 33.4 Å². The molecule has 5 aromatic rings. The van der Waals surface area contributed by atoms with E-state index in [1.165, 1.54) is 29.5 Å². The van der Waals surface area contributed by atoms with Gasteiger partial charge in [0.05, 0.1) is 32.5 Å². The van der Waals surface area contributed by atoms with Crippen LogP contribution in [0.25, 0.3) is 21.8 Å². The number of hydrogen-bond donors (Lipinski definition) is 2. The first-order valence-corrected chi connectivity index (χ1v) is 14.6. The number of anilines is 3. The Morgan fingerprint density at radius 1 is 1.02 bits per heavy atom. The number of carbonyl (C=O) groups is 2. The van der Waals surface area contributed by atoms with Crippen molar-refractivity contribution in [2.45, 2.75) is 0 Å². The van der Waals surface area contributed by atoms with Gasteiger partial charge in [0.25, 0.3) is 5.91 Å². The van der Waals surface area contributed by atoms with Crippen LogP contribution in [-0.2, 0) is 0 Å². The summed E-state index contributed by atoms with van der Waals surface area (Å²) in [7, 11) is 3.90. The number of amides is 2. The molecule has 0 spiro atoms. The van der Waals surface area contributed by atoms with Crippen molar-refractivity contribution >= 4 is 52.3 Å². The van der Waals surface area contributed by atoms with Crippen LogP contribution in [-0.4, -0.2) is 64.2 Å². The summed E-state index contributed by atoms with van der Waals surface area (Å²) in [5.41, 5.74) is 2.54. The van der Waals surface area contributed by atoms with Crippen molar-refractivity contribution < 1.29 is 28.2 Å². The highest BCUT2D eigenvalue weighted by Gasteiger charge is 2.29. The molecule has 3 aromatic carbocycles. The molecule has 2 N–H and O–H groups in total. The number of thiazole rings is 1. The largest absolute Gasteiger partial charge is 0.491 e. The van der Waals surface area contributed by atoms with Crippen LogP contribution in [0, 0.1) is 11.6 Å². The molecule has 0 unspecified atom stereocenters. The van der Waals surface area contributed by atoms with Crippen LogP contribution in [0.4, 0.5) is 30.9 Å². The second kappa shape index (κ2) is 13.8. The van der Waals surface area contributed by atoms with Crippen molar-refractivity contribution in [3.63, 3.8) is 0 Å². The van der Waals surface area contributed by atoms with E-state index < -0.39 is 29.2 Å². The number of nitrogens with one attached hydrogen (secondary N) is 1. The number of halogens is 3.